The monoisotopic (exact) mass is 332 g/mol. The third-order valence-corrected chi connectivity index (χ3v) is 5.73. The second kappa shape index (κ2) is 6.18. The minimum atomic E-state index is -0.0348. The molecule has 2 saturated heterocycles. The molecule has 1 saturated carbocycles. The number of rotatable bonds is 4. The van der Waals surface area contributed by atoms with Crippen molar-refractivity contribution in [3.05, 3.63) is 11.8 Å². The topological polar surface area (TPSA) is 88.3 Å². The minimum absolute atomic E-state index is 0.0348. The summed E-state index contributed by atoms with van der Waals surface area (Å²) in [5.74, 6) is 1.94. The molecule has 130 valence electrons. The first-order valence-electron chi connectivity index (χ1n) is 9.00. The van der Waals surface area contributed by atoms with Gasteiger partial charge < -0.3 is 14.6 Å². The fourth-order valence-electron chi connectivity index (χ4n) is 4.27. The zero-order chi connectivity index (χ0) is 16.6. The van der Waals surface area contributed by atoms with Crippen LogP contribution in [0.15, 0.2) is 4.42 Å². The molecule has 4 rings (SSSR count). The quantitative estimate of drug-likeness (QED) is 0.900. The molecule has 1 spiro atoms. The van der Waals surface area contributed by atoms with Crippen molar-refractivity contribution in [3.63, 3.8) is 0 Å². The summed E-state index contributed by atoms with van der Waals surface area (Å²) in [5.41, 5.74) is -0.0348. The number of hydrogen-bond donors (Lipinski definition) is 1. The van der Waals surface area contributed by atoms with Crippen LogP contribution in [0.5, 0.6) is 0 Å². The third kappa shape index (κ3) is 3.03. The van der Waals surface area contributed by atoms with Crippen LogP contribution in [-0.4, -0.2) is 46.5 Å². The molecule has 1 aliphatic carbocycles. The third-order valence-electron chi connectivity index (χ3n) is 5.73. The van der Waals surface area contributed by atoms with Gasteiger partial charge in [0.15, 0.2) is 0 Å². The predicted octanol–water partition coefficient (Wildman–Crippen LogP) is 1.40. The van der Waals surface area contributed by atoms with Crippen molar-refractivity contribution in [2.75, 3.05) is 19.6 Å². The van der Waals surface area contributed by atoms with Gasteiger partial charge in [-0.3, -0.25) is 9.59 Å². The normalized spacial score (nSPS) is 27.3. The number of amides is 2. The largest absolute Gasteiger partial charge is 0.425 e. The lowest BCUT2D eigenvalue weighted by atomic mass is 9.86. The van der Waals surface area contributed by atoms with Crippen LogP contribution in [0.2, 0.25) is 0 Å². The van der Waals surface area contributed by atoms with E-state index in [4.69, 9.17) is 4.42 Å². The van der Waals surface area contributed by atoms with E-state index in [1.54, 1.807) is 0 Å². The van der Waals surface area contributed by atoms with Crippen molar-refractivity contribution in [1.29, 1.82) is 0 Å². The first-order chi connectivity index (χ1) is 11.6. The number of carbonyl (C=O) groups is 2. The first-order valence-corrected chi connectivity index (χ1v) is 9.00. The summed E-state index contributed by atoms with van der Waals surface area (Å²) in [6.07, 6.45) is 7.06. The van der Waals surface area contributed by atoms with Crippen LogP contribution < -0.4 is 5.32 Å². The van der Waals surface area contributed by atoms with Crippen LogP contribution in [0.3, 0.4) is 0 Å². The average Bonchev–Trinajstić information content (AvgIpc) is 3.34. The van der Waals surface area contributed by atoms with Crippen molar-refractivity contribution in [2.45, 2.75) is 57.3 Å². The molecule has 24 heavy (non-hydrogen) atoms. The van der Waals surface area contributed by atoms with Crippen LogP contribution in [0.4, 0.5) is 0 Å². The molecular formula is C17H24N4O3. The Balaban J connectivity index is 1.28. The number of aromatic nitrogens is 2. The van der Waals surface area contributed by atoms with Crippen LogP contribution in [-0.2, 0) is 16.0 Å². The van der Waals surface area contributed by atoms with Gasteiger partial charge in [-0.15, -0.1) is 10.2 Å². The summed E-state index contributed by atoms with van der Waals surface area (Å²) in [6.45, 7) is 2.12. The van der Waals surface area contributed by atoms with Gasteiger partial charge in [0.1, 0.15) is 0 Å². The molecular weight excluding hydrogens is 308 g/mol. The summed E-state index contributed by atoms with van der Waals surface area (Å²) in [6, 6.07) is 0. The van der Waals surface area contributed by atoms with E-state index >= 15 is 0 Å². The van der Waals surface area contributed by atoms with Gasteiger partial charge in [-0.05, 0) is 19.3 Å². The number of nitrogens with zero attached hydrogens (tertiary/aromatic N) is 3. The Labute approximate surface area is 141 Å². The number of likely N-dealkylation sites (tertiary alicyclic amines) is 1. The fourth-order valence-corrected chi connectivity index (χ4v) is 4.27. The van der Waals surface area contributed by atoms with E-state index < -0.39 is 0 Å². The molecule has 1 unspecified atom stereocenters. The molecule has 0 bridgehead atoms. The Hall–Kier alpha value is -1.92. The zero-order valence-corrected chi connectivity index (χ0v) is 13.9. The lowest BCUT2D eigenvalue weighted by molar-refractivity contribution is -0.130. The molecule has 1 aromatic rings. The van der Waals surface area contributed by atoms with Gasteiger partial charge in [-0.25, -0.2) is 0 Å². The molecule has 1 aromatic heterocycles. The molecule has 0 radical (unpaired) electrons. The Morgan fingerprint density at radius 3 is 2.92 bits per heavy atom. The van der Waals surface area contributed by atoms with Crippen molar-refractivity contribution >= 4 is 11.8 Å². The highest BCUT2D eigenvalue weighted by atomic mass is 16.4. The maximum Gasteiger partial charge on any atom is 0.223 e. The molecule has 0 aromatic carbocycles. The van der Waals surface area contributed by atoms with E-state index in [2.05, 4.69) is 15.5 Å². The van der Waals surface area contributed by atoms with Gasteiger partial charge in [0.05, 0.1) is 0 Å². The Kier molecular flexibility index (Phi) is 4.02. The molecule has 3 aliphatic rings. The second-order valence-corrected chi connectivity index (χ2v) is 7.53. The lowest BCUT2D eigenvalue weighted by Crippen LogP contribution is -2.33. The maximum absolute atomic E-state index is 12.4. The Morgan fingerprint density at radius 1 is 1.33 bits per heavy atom. The summed E-state index contributed by atoms with van der Waals surface area (Å²) in [7, 11) is 0. The van der Waals surface area contributed by atoms with E-state index in [0.717, 1.165) is 31.7 Å². The molecule has 2 amide bonds. The van der Waals surface area contributed by atoms with Crippen molar-refractivity contribution in [1.82, 2.24) is 20.4 Å². The molecule has 7 heteroatoms. The van der Waals surface area contributed by atoms with Crippen LogP contribution >= 0.6 is 0 Å². The Bertz CT molecular complexity index is 638. The van der Waals surface area contributed by atoms with Crippen molar-refractivity contribution < 1.29 is 14.0 Å². The average molecular weight is 332 g/mol. The van der Waals surface area contributed by atoms with Gasteiger partial charge in [0.25, 0.3) is 0 Å². The molecule has 1 atom stereocenters. The molecule has 7 nitrogen and oxygen atoms in total. The number of nitrogens with one attached hydrogen (secondary N) is 1. The van der Waals surface area contributed by atoms with Gasteiger partial charge in [0.2, 0.25) is 23.6 Å². The SMILES string of the molecule is O=C1CC2(CCN(C(=O)CCc3nnc(C4CCCC4)o3)C2)CN1. The number of aryl methyl sites for hydroxylation is 1. The first kappa shape index (κ1) is 15.6. The minimum Gasteiger partial charge on any atom is -0.425 e. The van der Waals surface area contributed by atoms with Crippen LogP contribution in [0, 0.1) is 5.41 Å². The van der Waals surface area contributed by atoms with E-state index in [-0.39, 0.29) is 17.2 Å². The smallest absolute Gasteiger partial charge is 0.223 e. The van der Waals surface area contributed by atoms with Crippen LogP contribution in [0.25, 0.3) is 0 Å². The Morgan fingerprint density at radius 2 is 2.17 bits per heavy atom. The zero-order valence-electron chi connectivity index (χ0n) is 13.9. The predicted molar refractivity (Wildman–Crippen MR) is 85.1 cm³/mol. The van der Waals surface area contributed by atoms with Gasteiger partial charge in [-0.2, -0.15) is 0 Å². The van der Waals surface area contributed by atoms with Gasteiger partial charge in [0, 0.05) is 50.2 Å². The van der Waals surface area contributed by atoms with E-state index in [9.17, 15) is 9.59 Å². The second-order valence-electron chi connectivity index (χ2n) is 7.53. The fraction of sp³-hybridized carbons (Fsp3) is 0.765. The van der Waals surface area contributed by atoms with Crippen LogP contribution in [0.1, 0.15) is 62.6 Å². The van der Waals surface area contributed by atoms with E-state index in [1.807, 2.05) is 4.90 Å². The van der Waals surface area contributed by atoms with Crippen molar-refractivity contribution in [3.8, 4) is 0 Å². The number of hydrogen-bond acceptors (Lipinski definition) is 5. The highest BCUT2D eigenvalue weighted by Crippen LogP contribution is 2.37. The van der Waals surface area contributed by atoms with E-state index in [0.29, 0.717) is 44.2 Å². The van der Waals surface area contributed by atoms with Crippen molar-refractivity contribution in [2.24, 2.45) is 5.41 Å². The lowest BCUT2D eigenvalue weighted by Gasteiger charge is -2.21. The summed E-state index contributed by atoms with van der Waals surface area (Å²) >= 11 is 0. The molecule has 1 N–H and O–H groups in total. The molecule has 3 fully saturated rings. The van der Waals surface area contributed by atoms with E-state index in [1.165, 1.54) is 12.8 Å². The molecule has 2 aliphatic heterocycles. The maximum atomic E-state index is 12.4. The highest BCUT2D eigenvalue weighted by Gasteiger charge is 2.44. The van der Waals surface area contributed by atoms with Gasteiger partial charge >= 0.3 is 0 Å². The number of carbonyl (C=O) groups excluding carboxylic acids is 2. The summed E-state index contributed by atoms with van der Waals surface area (Å²) < 4.78 is 5.74. The molecule has 3 heterocycles. The summed E-state index contributed by atoms with van der Waals surface area (Å²) in [4.78, 5) is 25.8. The summed E-state index contributed by atoms with van der Waals surface area (Å²) in [5, 5.41) is 11.1. The highest BCUT2D eigenvalue weighted by molar-refractivity contribution is 5.80. The van der Waals surface area contributed by atoms with Gasteiger partial charge in [-0.1, -0.05) is 12.8 Å². The standard InChI is InChI=1S/C17H24N4O3/c22-13-9-17(10-18-13)7-8-21(11-17)15(23)6-5-14-19-20-16(24-14)12-3-1-2-4-12/h12H,1-11H2,(H,18,22).